The average molecular weight is 258 g/mol. The fourth-order valence-electron chi connectivity index (χ4n) is 1.77. The van der Waals surface area contributed by atoms with E-state index in [9.17, 15) is 0 Å². The molecule has 0 aliphatic heterocycles. The Balaban J connectivity index is 1.76. The summed E-state index contributed by atoms with van der Waals surface area (Å²) in [6, 6.07) is 3.91. The van der Waals surface area contributed by atoms with Gasteiger partial charge in [-0.05, 0) is 6.07 Å². The van der Waals surface area contributed by atoms with Gasteiger partial charge in [0.2, 0.25) is 0 Å². The van der Waals surface area contributed by atoms with Gasteiger partial charge in [-0.1, -0.05) is 25.1 Å². The van der Waals surface area contributed by atoms with Crippen LogP contribution in [0.4, 0.5) is 0 Å². The van der Waals surface area contributed by atoms with Gasteiger partial charge in [0.25, 0.3) is 0 Å². The molecule has 98 valence electrons. The molecule has 0 radical (unpaired) electrons. The van der Waals surface area contributed by atoms with Crippen LogP contribution in [0.2, 0.25) is 0 Å². The molecule has 0 amide bonds. The number of hydrogen-bond donors (Lipinski definition) is 0. The maximum Gasteiger partial charge on any atom is 0.417 e. The Morgan fingerprint density at radius 3 is 3.05 bits per heavy atom. The Morgan fingerprint density at radius 1 is 1.37 bits per heavy atom. The van der Waals surface area contributed by atoms with Crippen molar-refractivity contribution >= 4 is 5.65 Å². The first-order chi connectivity index (χ1) is 9.24. The molecule has 0 unspecified atom stereocenters. The van der Waals surface area contributed by atoms with Crippen molar-refractivity contribution in [2.45, 2.75) is 26.4 Å². The highest BCUT2D eigenvalue weighted by atomic mass is 16.6. The fraction of sp³-hybridized carbons (Fsp3) is 0.308. The number of hydrogen-bond acceptors (Lipinski definition) is 5. The third-order valence-electron chi connectivity index (χ3n) is 2.79. The van der Waals surface area contributed by atoms with Gasteiger partial charge >= 0.3 is 6.08 Å². The summed E-state index contributed by atoms with van der Waals surface area (Å²) in [5.74, 6) is 0.867. The Hall–Kier alpha value is -2.37. The van der Waals surface area contributed by atoms with Crippen LogP contribution in [0.5, 0.6) is 6.08 Å². The van der Waals surface area contributed by atoms with E-state index in [1.807, 2.05) is 42.8 Å². The lowest BCUT2D eigenvalue weighted by molar-refractivity contribution is 0.195. The number of aromatic nitrogens is 4. The zero-order valence-corrected chi connectivity index (χ0v) is 10.8. The summed E-state index contributed by atoms with van der Waals surface area (Å²) in [7, 11) is 0. The van der Waals surface area contributed by atoms with Crippen LogP contribution in [-0.2, 0) is 6.61 Å². The van der Waals surface area contributed by atoms with Crippen LogP contribution in [0.25, 0.3) is 5.65 Å². The maximum atomic E-state index is 5.51. The van der Waals surface area contributed by atoms with E-state index in [1.54, 1.807) is 6.20 Å². The average Bonchev–Trinajstić information content (AvgIpc) is 3.05. The molecule has 0 bridgehead atoms. The fourth-order valence-corrected chi connectivity index (χ4v) is 1.77. The smallest absolute Gasteiger partial charge is 0.417 e. The lowest BCUT2D eigenvalue weighted by Gasteiger charge is -2.02. The third kappa shape index (κ3) is 2.29. The Labute approximate surface area is 110 Å². The van der Waals surface area contributed by atoms with Crippen LogP contribution in [0, 0.1) is 0 Å². The quantitative estimate of drug-likeness (QED) is 0.719. The summed E-state index contributed by atoms with van der Waals surface area (Å²) in [5, 5.41) is 3.85. The van der Waals surface area contributed by atoms with Gasteiger partial charge in [0, 0.05) is 30.1 Å². The second-order valence-electron chi connectivity index (χ2n) is 4.55. The van der Waals surface area contributed by atoms with Crippen LogP contribution in [0.3, 0.4) is 0 Å². The second kappa shape index (κ2) is 4.72. The molecule has 0 N–H and O–H groups in total. The zero-order chi connectivity index (χ0) is 13.2. The minimum absolute atomic E-state index is 0.192. The standard InChI is InChI=1S/C13H14N4O2/c1-9(2)11-15-13(19-16-11)18-8-10-4-3-6-17-7-5-14-12(10)17/h3-7,9H,8H2,1-2H3. The van der Waals surface area contributed by atoms with Gasteiger partial charge in [-0.15, -0.1) is 0 Å². The maximum absolute atomic E-state index is 5.51. The molecule has 0 saturated carbocycles. The summed E-state index contributed by atoms with van der Waals surface area (Å²) >= 11 is 0. The second-order valence-corrected chi connectivity index (χ2v) is 4.55. The van der Waals surface area contributed by atoms with Crippen molar-refractivity contribution in [3.63, 3.8) is 0 Å². The largest absolute Gasteiger partial charge is 0.444 e. The molecular formula is C13H14N4O2. The van der Waals surface area contributed by atoms with Crippen molar-refractivity contribution < 1.29 is 9.26 Å². The highest BCUT2D eigenvalue weighted by Gasteiger charge is 2.11. The topological polar surface area (TPSA) is 65.5 Å². The van der Waals surface area contributed by atoms with Crippen LogP contribution < -0.4 is 4.74 Å². The van der Waals surface area contributed by atoms with Crippen molar-refractivity contribution in [1.82, 2.24) is 19.5 Å². The summed E-state index contributed by atoms with van der Waals surface area (Å²) in [6.45, 7) is 4.35. The first-order valence-electron chi connectivity index (χ1n) is 6.11. The predicted octanol–water partition coefficient (Wildman–Crippen LogP) is 2.42. The van der Waals surface area contributed by atoms with E-state index in [0.717, 1.165) is 11.2 Å². The lowest BCUT2D eigenvalue weighted by atomic mass is 10.2. The predicted molar refractivity (Wildman–Crippen MR) is 67.9 cm³/mol. The van der Waals surface area contributed by atoms with Gasteiger partial charge in [-0.2, -0.15) is 4.98 Å². The van der Waals surface area contributed by atoms with E-state index in [1.165, 1.54) is 0 Å². The molecule has 0 fully saturated rings. The van der Waals surface area contributed by atoms with Gasteiger partial charge in [0.15, 0.2) is 5.82 Å². The van der Waals surface area contributed by atoms with Gasteiger partial charge in [0.05, 0.1) is 0 Å². The van der Waals surface area contributed by atoms with Gasteiger partial charge in [0.1, 0.15) is 12.3 Å². The van der Waals surface area contributed by atoms with Crippen molar-refractivity contribution in [3.8, 4) is 6.08 Å². The molecule has 0 aliphatic carbocycles. The lowest BCUT2D eigenvalue weighted by Crippen LogP contribution is -1.99. The molecule has 6 heteroatoms. The third-order valence-corrected chi connectivity index (χ3v) is 2.79. The molecule has 0 atom stereocenters. The minimum Gasteiger partial charge on any atom is -0.444 e. The molecule has 6 nitrogen and oxygen atoms in total. The summed E-state index contributed by atoms with van der Waals surface area (Å²) in [6.07, 6.45) is 5.78. The number of pyridine rings is 1. The number of fused-ring (bicyclic) bond motifs is 1. The van der Waals surface area contributed by atoms with Crippen LogP contribution in [0.15, 0.2) is 35.2 Å². The number of nitrogens with zero attached hydrogens (tertiary/aromatic N) is 4. The van der Waals surface area contributed by atoms with Crippen molar-refractivity contribution in [2.24, 2.45) is 0 Å². The Kier molecular flexibility index (Phi) is 2.91. The van der Waals surface area contributed by atoms with Gasteiger partial charge in [-0.25, -0.2) is 4.98 Å². The molecule has 3 aromatic heterocycles. The van der Waals surface area contributed by atoms with E-state index in [4.69, 9.17) is 9.26 Å². The number of ether oxygens (including phenoxy) is 1. The molecule has 0 aliphatic rings. The van der Waals surface area contributed by atoms with Crippen LogP contribution >= 0.6 is 0 Å². The normalized spacial score (nSPS) is 11.3. The van der Waals surface area contributed by atoms with E-state index in [0.29, 0.717) is 12.4 Å². The van der Waals surface area contributed by atoms with E-state index < -0.39 is 0 Å². The molecule has 3 rings (SSSR count). The minimum atomic E-state index is 0.192. The SMILES string of the molecule is CC(C)c1noc(OCc2cccn3ccnc23)n1. The van der Waals surface area contributed by atoms with Crippen molar-refractivity contribution in [2.75, 3.05) is 0 Å². The summed E-state index contributed by atoms with van der Waals surface area (Å²) in [4.78, 5) is 8.45. The molecule has 0 spiro atoms. The molecule has 0 aromatic carbocycles. The van der Waals surface area contributed by atoms with Gasteiger partial charge in [-0.3, -0.25) is 4.52 Å². The zero-order valence-electron chi connectivity index (χ0n) is 10.8. The number of rotatable bonds is 4. The molecular weight excluding hydrogens is 244 g/mol. The highest BCUT2D eigenvalue weighted by Crippen LogP contribution is 2.16. The van der Waals surface area contributed by atoms with Crippen LogP contribution in [0.1, 0.15) is 31.2 Å². The van der Waals surface area contributed by atoms with E-state index >= 15 is 0 Å². The monoisotopic (exact) mass is 258 g/mol. The summed E-state index contributed by atoms with van der Waals surface area (Å²) in [5.41, 5.74) is 1.84. The van der Waals surface area contributed by atoms with Crippen molar-refractivity contribution in [1.29, 1.82) is 0 Å². The van der Waals surface area contributed by atoms with Crippen molar-refractivity contribution in [3.05, 3.63) is 42.1 Å². The summed E-state index contributed by atoms with van der Waals surface area (Å²) < 4.78 is 12.5. The molecule has 19 heavy (non-hydrogen) atoms. The van der Waals surface area contributed by atoms with E-state index in [2.05, 4.69) is 15.1 Å². The molecule has 0 saturated heterocycles. The van der Waals surface area contributed by atoms with E-state index in [-0.39, 0.29) is 12.0 Å². The first kappa shape index (κ1) is 11.7. The highest BCUT2D eigenvalue weighted by molar-refractivity contribution is 5.47. The first-order valence-corrected chi connectivity index (χ1v) is 6.11. The van der Waals surface area contributed by atoms with Gasteiger partial charge < -0.3 is 9.14 Å². The Bertz CT molecular complexity index is 687. The molecule has 3 aromatic rings. The number of imidazole rings is 1. The Morgan fingerprint density at radius 2 is 2.26 bits per heavy atom. The molecule has 3 heterocycles. The van der Waals surface area contributed by atoms with Crippen LogP contribution in [-0.4, -0.2) is 19.5 Å².